The number of hydrogen-bond acceptors (Lipinski definition) is 5. The lowest BCUT2D eigenvalue weighted by atomic mass is 9.94. The highest BCUT2D eigenvalue weighted by atomic mass is 32.2. The maximum absolute atomic E-state index is 12.9. The van der Waals surface area contributed by atoms with Crippen LogP contribution in [0.4, 0.5) is 0 Å². The molecule has 0 N–H and O–H groups in total. The number of carbonyl (C=O) groups excluding carboxylic acids is 2. The number of fused-ring (bicyclic) bond motifs is 1. The summed E-state index contributed by atoms with van der Waals surface area (Å²) in [5, 5.41) is 0. The van der Waals surface area contributed by atoms with Crippen LogP contribution in [0.3, 0.4) is 0 Å². The van der Waals surface area contributed by atoms with Crippen molar-refractivity contribution >= 4 is 21.8 Å². The van der Waals surface area contributed by atoms with Gasteiger partial charge in [-0.1, -0.05) is 25.5 Å². The van der Waals surface area contributed by atoms with Gasteiger partial charge in [-0.2, -0.15) is 0 Å². The van der Waals surface area contributed by atoms with Crippen LogP contribution in [-0.2, 0) is 19.6 Å². The van der Waals surface area contributed by atoms with Crippen molar-refractivity contribution in [3.63, 3.8) is 0 Å². The van der Waals surface area contributed by atoms with Crippen molar-refractivity contribution in [2.24, 2.45) is 5.92 Å². The maximum Gasteiger partial charge on any atom is 0.241 e. The van der Waals surface area contributed by atoms with Crippen LogP contribution in [0.15, 0.2) is 36.7 Å². The lowest BCUT2D eigenvalue weighted by Crippen LogP contribution is -2.43. The third-order valence-electron chi connectivity index (χ3n) is 5.42. The average Bonchev–Trinajstić information content (AvgIpc) is 2.99. The fourth-order valence-electron chi connectivity index (χ4n) is 4.33. The Bertz CT molecular complexity index is 771. The zero-order chi connectivity index (χ0) is 19.6. The molecule has 0 unspecified atom stereocenters. The number of hydrogen-bond donors (Lipinski definition) is 0. The SMILES string of the molecule is CCC[C@H]1C(=O)N(S(C)(=O)=O)[C@H]2CCN(C(=O)CCN3C=CC=CC=C3)[C@H]12. The topological polar surface area (TPSA) is 78.0 Å². The fourth-order valence-corrected chi connectivity index (χ4v) is 5.52. The minimum Gasteiger partial charge on any atom is -0.354 e. The van der Waals surface area contributed by atoms with Gasteiger partial charge in [-0.3, -0.25) is 9.59 Å². The van der Waals surface area contributed by atoms with Crippen molar-refractivity contribution < 1.29 is 18.0 Å². The summed E-state index contributed by atoms with van der Waals surface area (Å²) in [7, 11) is -3.63. The molecule has 8 heteroatoms. The van der Waals surface area contributed by atoms with Gasteiger partial charge in [0.25, 0.3) is 0 Å². The molecule has 3 rings (SSSR count). The first-order valence-electron chi connectivity index (χ1n) is 9.44. The first-order chi connectivity index (χ1) is 12.8. The Labute approximate surface area is 161 Å². The second-order valence-electron chi connectivity index (χ2n) is 7.28. The molecule has 27 heavy (non-hydrogen) atoms. The van der Waals surface area contributed by atoms with E-state index in [0.717, 1.165) is 17.0 Å². The van der Waals surface area contributed by atoms with Crippen molar-refractivity contribution in [2.45, 2.75) is 44.7 Å². The molecule has 0 aromatic heterocycles. The molecule has 3 aliphatic heterocycles. The molecule has 2 fully saturated rings. The van der Waals surface area contributed by atoms with Gasteiger partial charge in [0.15, 0.2) is 0 Å². The van der Waals surface area contributed by atoms with Crippen LogP contribution >= 0.6 is 0 Å². The molecular weight excluding hydrogens is 366 g/mol. The lowest BCUT2D eigenvalue weighted by Gasteiger charge is -2.28. The molecule has 0 radical (unpaired) electrons. The van der Waals surface area contributed by atoms with Gasteiger partial charge in [-0.25, -0.2) is 12.7 Å². The Morgan fingerprint density at radius 3 is 2.44 bits per heavy atom. The van der Waals surface area contributed by atoms with Gasteiger partial charge in [0, 0.05) is 31.9 Å². The van der Waals surface area contributed by atoms with Crippen LogP contribution in [-0.4, -0.2) is 65.8 Å². The summed E-state index contributed by atoms with van der Waals surface area (Å²) in [5.74, 6) is -0.801. The number of amides is 2. The third-order valence-corrected chi connectivity index (χ3v) is 6.58. The standard InChI is InChI=1S/C19H27N3O4S/c1-3-8-15-18-16(22(19(15)24)27(2,25)26)9-14-21(18)17(23)10-13-20-11-6-4-5-7-12-20/h4-7,11-12,15-16,18H,3,8-10,13-14H2,1-2H3/t15-,16+,18-/m1/s1. The van der Waals surface area contributed by atoms with Crippen LogP contribution < -0.4 is 0 Å². The molecule has 3 aliphatic rings. The largest absolute Gasteiger partial charge is 0.354 e. The van der Waals surface area contributed by atoms with Gasteiger partial charge in [0.1, 0.15) is 0 Å². The number of likely N-dealkylation sites (tertiary alicyclic amines) is 1. The molecule has 7 nitrogen and oxygen atoms in total. The molecule has 0 spiro atoms. The van der Waals surface area contributed by atoms with E-state index in [1.807, 2.05) is 48.5 Å². The average molecular weight is 394 g/mol. The van der Waals surface area contributed by atoms with Crippen LogP contribution in [0.2, 0.25) is 0 Å². The van der Waals surface area contributed by atoms with E-state index >= 15 is 0 Å². The molecule has 0 aromatic carbocycles. The van der Waals surface area contributed by atoms with Gasteiger partial charge in [0.2, 0.25) is 21.8 Å². The molecule has 148 valence electrons. The van der Waals surface area contributed by atoms with Crippen molar-refractivity contribution in [1.82, 2.24) is 14.1 Å². The molecule has 2 amide bonds. The lowest BCUT2D eigenvalue weighted by molar-refractivity contribution is -0.134. The summed E-state index contributed by atoms with van der Waals surface area (Å²) in [6.45, 7) is 3.02. The van der Waals surface area contributed by atoms with Gasteiger partial charge in [-0.05, 0) is 25.0 Å². The van der Waals surface area contributed by atoms with Crippen molar-refractivity contribution in [3.05, 3.63) is 36.7 Å². The monoisotopic (exact) mass is 393 g/mol. The molecule has 0 bridgehead atoms. The number of nitrogens with zero attached hydrogens (tertiary/aromatic N) is 3. The van der Waals surface area contributed by atoms with Crippen molar-refractivity contribution in [3.8, 4) is 0 Å². The number of carbonyl (C=O) groups is 2. The van der Waals surface area contributed by atoms with Crippen LogP contribution in [0.5, 0.6) is 0 Å². The van der Waals surface area contributed by atoms with E-state index in [1.54, 1.807) is 4.90 Å². The minimum absolute atomic E-state index is 0.0224. The summed E-state index contributed by atoms with van der Waals surface area (Å²) in [4.78, 5) is 29.3. The predicted octanol–water partition coefficient (Wildman–Crippen LogP) is 1.46. The molecular formula is C19H27N3O4S. The van der Waals surface area contributed by atoms with Crippen LogP contribution in [0, 0.1) is 5.92 Å². The number of allylic oxidation sites excluding steroid dienone is 4. The smallest absolute Gasteiger partial charge is 0.241 e. The second kappa shape index (κ2) is 7.88. The first kappa shape index (κ1) is 19.7. The molecule has 0 aliphatic carbocycles. The van der Waals surface area contributed by atoms with E-state index in [9.17, 15) is 18.0 Å². The Morgan fingerprint density at radius 1 is 1.19 bits per heavy atom. The fraction of sp³-hybridized carbons (Fsp3) is 0.579. The molecule has 2 saturated heterocycles. The Hall–Kier alpha value is -2.09. The zero-order valence-electron chi connectivity index (χ0n) is 15.8. The van der Waals surface area contributed by atoms with E-state index in [0.29, 0.717) is 32.4 Å². The van der Waals surface area contributed by atoms with Crippen LogP contribution in [0.1, 0.15) is 32.6 Å². The third kappa shape index (κ3) is 3.95. The number of rotatable bonds is 6. The zero-order valence-corrected chi connectivity index (χ0v) is 16.6. The second-order valence-corrected chi connectivity index (χ2v) is 9.14. The van der Waals surface area contributed by atoms with E-state index < -0.39 is 22.0 Å². The van der Waals surface area contributed by atoms with E-state index in [2.05, 4.69) is 0 Å². The van der Waals surface area contributed by atoms with Crippen molar-refractivity contribution in [2.75, 3.05) is 19.3 Å². The molecule has 3 heterocycles. The first-order valence-corrected chi connectivity index (χ1v) is 11.3. The van der Waals surface area contributed by atoms with Crippen molar-refractivity contribution in [1.29, 1.82) is 0 Å². The maximum atomic E-state index is 12.9. The predicted molar refractivity (Wildman–Crippen MR) is 103 cm³/mol. The van der Waals surface area contributed by atoms with Gasteiger partial charge in [-0.15, -0.1) is 0 Å². The summed E-state index contributed by atoms with van der Waals surface area (Å²) in [5.41, 5.74) is 0. The number of sulfonamides is 1. The van der Waals surface area contributed by atoms with Gasteiger partial charge >= 0.3 is 0 Å². The highest BCUT2D eigenvalue weighted by Crippen LogP contribution is 2.40. The summed E-state index contributed by atoms with van der Waals surface area (Å²) >= 11 is 0. The summed E-state index contributed by atoms with van der Waals surface area (Å²) < 4.78 is 25.3. The highest BCUT2D eigenvalue weighted by molar-refractivity contribution is 7.88. The molecule has 3 atom stereocenters. The molecule has 0 aromatic rings. The van der Waals surface area contributed by atoms with E-state index in [1.165, 1.54) is 0 Å². The van der Waals surface area contributed by atoms with Crippen LogP contribution in [0.25, 0.3) is 0 Å². The van der Waals surface area contributed by atoms with Gasteiger partial charge < -0.3 is 9.80 Å². The molecule has 0 saturated carbocycles. The van der Waals surface area contributed by atoms with E-state index in [-0.39, 0.29) is 17.9 Å². The Kier molecular flexibility index (Phi) is 5.74. The van der Waals surface area contributed by atoms with Gasteiger partial charge in [0.05, 0.1) is 24.3 Å². The quantitative estimate of drug-likeness (QED) is 0.683. The summed E-state index contributed by atoms with van der Waals surface area (Å²) in [6, 6.07) is -0.758. The normalized spacial score (nSPS) is 27.4. The Morgan fingerprint density at radius 2 is 1.85 bits per heavy atom. The minimum atomic E-state index is -3.63. The van der Waals surface area contributed by atoms with E-state index in [4.69, 9.17) is 0 Å². The Balaban J connectivity index is 1.73. The highest BCUT2D eigenvalue weighted by Gasteiger charge is 2.56. The summed E-state index contributed by atoms with van der Waals surface area (Å²) in [6.07, 6.45) is 14.8.